The van der Waals surface area contributed by atoms with E-state index >= 15 is 0 Å². The summed E-state index contributed by atoms with van der Waals surface area (Å²) in [4.78, 5) is 13.9. The quantitative estimate of drug-likeness (QED) is 0.373. The fraction of sp³-hybridized carbons (Fsp3) is 0.421. The molecule has 0 radical (unpaired) electrons. The van der Waals surface area contributed by atoms with Crippen LogP contribution in [0.4, 0.5) is 14.6 Å². The van der Waals surface area contributed by atoms with Gasteiger partial charge in [-0.3, -0.25) is 0 Å². The summed E-state index contributed by atoms with van der Waals surface area (Å²) in [6.45, 7) is 4.16. The number of para-hydroxylation sites is 1. The number of fused-ring (bicyclic) bond motifs is 1. The SMILES string of the molecule is CCC(CCNc1nc(SC)nc(C)c1-c1nc2ccccc2s1)C(F)F. The van der Waals surface area contributed by atoms with Gasteiger partial charge in [-0.1, -0.05) is 30.8 Å². The Morgan fingerprint density at radius 1 is 1.19 bits per heavy atom. The van der Waals surface area contributed by atoms with Crippen molar-refractivity contribution in [1.82, 2.24) is 15.0 Å². The molecule has 3 rings (SSSR count). The molecule has 2 heterocycles. The number of thiazole rings is 1. The minimum atomic E-state index is -2.30. The van der Waals surface area contributed by atoms with Gasteiger partial charge < -0.3 is 5.32 Å². The van der Waals surface area contributed by atoms with Crippen LogP contribution in [0.1, 0.15) is 25.5 Å². The molecule has 0 spiro atoms. The largest absolute Gasteiger partial charge is 0.369 e. The van der Waals surface area contributed by atoms with Crippen LogP contribution in [0.2, 0.25) is 0 Å². The van der Waals surface area contributed by atoms with Gasteiger partial charge in [0, 0.05) is 12.5 Å². The van der Waals surface area contributed by atoms with E-state index in [1.165, 1.54) is 11.8 Å². The van der Waals surface area contributed by atoms with Crippen LogP contribution in [0.15, 0.2) is 29.4 Å². The first-order valence-electron chi connectivity index (χ1n) is 8.84. The molecule has 0 amide bonds. The molecule has 1 atom stereocenters. The molecule has 8 heteroatoms. The summed E-state index contributed by atoms with van der Waals surface area (Å²) in [7, 11) is 0. The Bertz CT molecular complexity index is 881. The van der Waals surface area contributed by atoms with Crippen LogP contribution in [0.3, 0.4) is 0 Å². The molecule has 1 unspecified atom stereocenters. The van der Waals surface area contributed by atoms with E-state index in [1.807, 2.05) is 37.4 Å². The van der Waals surface area contributed by atoms with Crippen molar-refractivity contribution in [2.24, 2.45) is 5.92 Å². The predicted octanol–water partition coefficient (Wildman–Crippen LogP) is 5.88. The zero-order valence-electron chi connectivity index (χ0n) is 15.5. The van der Waals surface area contributed by atoms with Crippen LogP contribution in [-0.2, 0) is 0 Å². The normalized spacial score (nSPS) is 12.7. The highest BCUT2D eigenvalue weighted by Crippen LogP contribution is 2.36. The molecule has 0 fully saturated rings. The van der Waals surface area contributed by atoms with Crippen LogP contribution in [0.5, 0.6) is 0 Å². The summed E-state index contributed by atoms with van der Waals surface area (Å²) < 4.78 is 27.1. The predicted molar refractivity (Wildman–Crippen MR) is 110 cm³/mol. The van der Waals surface area contributed by atoms with Crippen molar-refractivity contribution in [3.8, 4) is 10.6 Å². The fourth-order valence-corrected chi connectivity index (χ4v) is 4.36. The highest BCUT2D eigenvalue weighted by atomic mass is 32.2. The van der Waals surface area contributed by atoms with Crippen molar-refractivity contribution < 1.29 is 8.78 Å². The van der Waals surface area contributed by atoms with Gasteiger partial charge in [-0.2, -0.15) is 0 Å². The molecule has 2 aromatic heterocycles. The topological polar surface area (TPSA) is 50.7 Å². The van der Waals surface area contributed by atoms with E-state index in [0.717, 1.165) is 26.5 Å². The second kappa shape index (κ2) is 8.93. The number of nitrogens with one attached hydrogen (secondary N) is 1. The Morgan fingerprint density at radius 2 is 1.96 bits per heavy atom. The number of hydrogen-bond acceptors (Lipinski definition) is 6. The van der Waals surface area contributed by atoms with Crippen molar-refractivity contribution in [1.29, 1.82) is 0 Å². The summed E-state index contributed by atoms with van der Waals surface area (Å²) in [5.74, 6) is 0.0568. The Morgan fingerprint density at radius 3 is 2.63 bits per heavy atom. The van der Waals surface area contributed by atoms with Gasteiger partial charge in [0.2, 0.25) is 6.43 Å². The Balaban J connectivity index is 1.93. The number of rotatable bonds is 8. The van der Waals surface area contributed by atoms with Gasteiger partial charge in [0.05, 0.1) is 21.5 Å². The maximum absolute atomic E-state index is 13.0. The number of nitrogens with zero attached hydrogens (tertiary/aromatic N) is 3. The highest BCUT2D eigenvalue weighted by molar-refractivity contribution is 7.98. The molecular formula is C19H22F2N4S2. The first-order valence-corrected chi connectivity index (χ1v) is 10.9. The molecule has 0 saturated heterocycles. The lowest BCUT2D eigenvalue weighted by Crippen LogP contribution is -2.16. The molecule has 0 aliphatic heterocycles. The number of aromatic nitrogens is 3. The molecule has 3 aromatic rings. The monoisotopic (exact) mass is 408 g/mol. The molecule has 4 nitrogen and oxygen atoms in total. The summed E-state index contributed by atoms with van der Waals surface area (Å²) in [6.07, 6.45) is 0.475. The molecule has 0 bridgehead atoms. The van der Waals surface area contributed by atoms with E-state index < -0.39 is 12.3 Å². The van der Waals surface area contributed by atoms with Gasteiger partial charge in [0.1, 0.15) is 10.8 Å². The summed E-state index contributed by atoms with van der Waals surface area (Å²) in [5, 5.41) is 4.75. The second-order valence-electron chi connectivity index (χ2n) is 6.22. The molecule has 0 aliphatic carbocycles. The third-order valence-corrected chi connectivity index (χ3v) is 6.05. The minimum absolute atomic E-state index is 0.394. The summed E-state index contributed by atoms with van der Waals surface area (Å²) in [5.41, 5.74) is 2.61. The third-order valence-electron chi connectivity index (χ3n) is 4.45. The smallest absolute Gasteiger partial charge is 0.241 e. The van der Waals surface area contributed by atoms with E-state index in [4.69, 9.17) is 4.98 Å². The number of anilines is 1. The van der Waals surface area contributed by atoms with Gasteiger partial charge in [0.15, 0.2) is 5.16 Å². The molecular weight excluding hydrogens is 386 g/mol. The number of thioether (sulfide) groups is 1. The van der Waals surface area contributed by atoms with Gasteiger partial charge in [0.25, 0.3) is 0 Å². The van der Waals surface area contributed by atoms with Crippen LogP contribution >= 0.6 is 23.1 Å². The van der Waals surface area contributed by atoms with Crippen molar-refractivity contribution in [2.45, 2.75) is 38.3 Å². The van der Waals surface area contributed by atoms with Gasteiger partial charge >= 0.3 is 0 Å². The van der Waals surface area contributed by atoms with Gasteiger partial charge in [-0.25, -0.2) is 23.7 Å². The first-order chi connectivity index (χ1) is 13.0. The van der Waals surface area contributed by atoms with Crippen molar-refractivity contribution >= 4 is 39.1 Å². The van der Waals surface area contributed by atoms with E-state index in [9.17, 15) is 8.78 Å². The third kappa shape index (κ3) is 4.55. The lowest BCUT2D eigenvalue weighted by molar-refractivity contribution is 0.0721. The fourth-order valence-electron chi connectivity index (χ4n) is 2.89. The summed E-state index contributed by atoms with van der Waals surface area (Å²) in [6, 6.07) is 7.95. The zero-order chi connectivity index (χ0) is 19.4. The molecule has 144 valence electrons. The summed E-state index contributed by atoms with van der Waals surface area (Å²) >= 11 is 3.04. The molecule has 1 aromatic carbocycles. The van der Waals surface area contributed by atoms with Crippen LogP contribution < -0.4 is 5.32 Å². The average Bonchev–Trinajstić information content (AvgIpc) is 3.07. The van der Waals surface area contributed by atoms with E-state index in [-0.39, 0.29) is 0 Å². The maximum Gasteiger partial charge on any atom is 0.241 e. The number of aryl methyl sites for hydroxylation is 1. The van der Waals surface area contributed by atoms with Crippen LogP contribution in [-0.4, -0.2) is 34.2 Å². The Labute approximate surface area is 165 Å². The number of alkyl halides is 2. The van der Waals surface area contributed by atoms with Crippen LogP contribution in [0, 0.1) is 12.8 Å². The van der Waals surface area contributed by atoms with Crippen molar-refractivity contribution in [3.05, 3.63) is 30.0 Å². The molecule has 0 aliphatic rings. The molecule has 1 N–H and O–H groups in total. The second-order valence-corrected chi connectivity index (χ2v) is 8.03. The standard InChI is InChI=1S/C19H22F2N4S2/c1-4-12(16(20)21)9-10-22-17-15(11(2)23-19(25-17)26-3)18-24-13-7-5-6-8-14(13)27-18/h5-8,12,16H,4,9-10H2,1-3H3,(H,22,23,25). The number of benzene rings is 1. The molecule has 0 saturated carbocycles. The Kier molecular flexibility index (Phi) is 6.59. The van der Waals surface area contributed by atoms with Gasteiger partial charge in [-0.15, -0.1) is 11.3 Å². The van der Waals surface area contributed by atoms with E-state index in [0.29, 0.717) is 30.4 Å². The van der Waals surface area contributed by atoms with E-state index in [2.05, 4.69) is 15.3 Å². The average molecular weight is 409 g/mol. The number of hydrogen-bond donors (Lipinski definition) is 1. The van der Waals surface area contributed by atoms with Crippen molar-refractivity contribution in [3.63, 3.8) is 0 Å². The van der Waals surface area contributed by atoms with Crippen molar-refractivity contribution in [2.75, 3.05) is 18.1 Å². The minimum Gasteiger partial charge on any atom is -0.369 e. The Hall–Kier alpha value is -1.80. The maximum atomic E-state index is 13.0. The lowest BCUT2D eigenvalue weighted by atomic mass is 10.0. The number of halogens is 2. The zero-order valence-corrected chi connectivity index (χ0v) is 17.1. The first kappa shape index (κ1) is 19.9. The van der Waals surface area contributed by atoms with E-state index in [1.54, 1.807) is 18.3 Å². The molecule has 27 heavy (non-hydrogen) atoms. The van der Waals surface area contributed by atoms with Crippen LogP contribution in [0.25, 0.3) is 20.8 Å². The highest BCUT2D eigenvalue weighted by Gasteiger charge is 2.20. The van der Waals surface area contributed by atoms with Gasteiger partial charge in [-0.05, 0) is 38.2 Å². The lowest BCUT2D eigenvalue weighted by Gasteiger charge is -2.16.